The van der Waals surface area contributed by atoms with E-state index in [4.69, 9.17) is 5.73 Å². The van der Waals surface area contributed by atoms with Crippen molar-refractivity contribution in [3.05, 3.63) is 0 Å². The van der Waals surface area contributed by atoms with E-state index in [2.05, 4.69) is 4.84 Å². The van der Waals surface area contributed by atoms with E-state index in [1.54, 1.807) is 4.89 Å². The van der Waals surface area contributed by atoms with Crippen LogP contribution in [0.25, 0.3) is 0 Å². The number of carbonyl (C=O) groups excluding carboxylic acids is 1. The molecule has 1 fully saturated rings. The second kappa shape index (κ2) is 4.65. The average Bonchev–Trinajstić information content (AvgIpc) is 2.45. The molecule has 8 nitrogen and oxygen atoms in total. The molecule has 94 valence electrons. The molecule has 10 heteroatoms. The highest BCUT2D eigenvalue weighted by molar-refractivity contribution is 7.95. The fourth-order valence-electron chi connectivity index (χ4n) is 1.26. The third kappa shape index (κ3) is 3.70. The van der Waals surface area contributed by atoms with E-state index in [9.17, 15) is 21.6 Å². The number of amides is 1. The third-order valence-electron chi connectivity index (χ3n) is 2.02. The highest BCUT2D eigenvalue weighted by Gasteiger charge is 2.37. The van der Waals surface area contributed by atoms with Crippen LogP contribution in [0.2, 0.25) is 0 Å². The molecule has 1 aliphatic rings. The van der Waals surface area contributed by atoms with Gasteiger partial charge in [-0.1, -0.05) is 4.89 Å². The Bertz CT molecular complexity index is 467. The predicted octanol–water partition coefficient (Wildman–Crippen LogP) is -2.49. The molecule has 1 heterocycles. The van der Waals surface area contributed by atoms with Gasteiger partial charge < -0.3 is 5.73 Å². The largest absolute Gasteiger partial charge is 0.368 e. The number of hydrogen-bond donors (Lipinski definition) is 2. The van der Waals surface area contributed by atoms with Crippen molar-refractivity contribution >= 4 is 25.8 Å². The lowest BCUT2D eigenvalue weighted by Crippen LogP contribution is -2.37. The Morgan fingerprint density at radius 1 is 1.50 bits per heavy atom. The van der Waals surface area contributed by atoms with Gasteiger partial charge in [0.1, 0.15) is 6.61 Å². The summed E-state index contributed by atoms with van der Waals surface area (Å²) in [7, 11) is -7.17. The van der Waals surface area contributed by atoms with Crippen LogP contribution < -0.4 is 10.6 Å². The first-order valence-corrected chi connectivity index (χ1v) is 7.71. The Hall–Kier alpha value is -0.710. The lowest BCUT2D eigenvalue weighted by atomic mass is 10.4. The van der Waals surface area contributed by atoms with Gasteiger partial charge >= 0.3 is 0 Å². The van der Waals surface area contributed by atoms with Gasteiger partial charge in [0.05, 0.1) is 16.8 Å². The van der Waals surface area contributed by atoms with E-state index in [-0.39, 0.29) is 12.2 Å². The summed E-state index contributed by atoms with van der Waals surface area (Å²) in [4.78, 5) is 16.3. The Balaban J connectivity index is 2.56. The number of sulfone groups is 1. The van der Waals surface area contributed by atoms with Crippen molar-refractivity contribution in [2.75, 3.05) is 18.1 Å². The van der Waals surface area contributed by atoms with Gasteiger partial charge in [-0.05, 0) is 6.42 Å². The summed E-state index contributed by atoms with van der Waals surface area (Å²) in [6, 6.07) is 0. The van der Waals surface area contributed by atoms with Crippen LogP contribution in [0, 0.1) is 0 Å². The van der Waals surface area contributed by atoms with Crippen molar-refractivity contribution in [3.8, 4) is 0 Å². The quantitative estimate of drug-likeness (QED) is 0.532. The molecule has 1 unspecified atom stereocenters. The number of nitrogens with one attached hydrogen (secondary N) is 1. The lowest BCUT2D eigenvalue weighted by Gasteiger charge is -2.10. The van der Waals surface area contributed by atoms with Crippen molar-refractivity contribution in [2.45, 2.75) is 11.7 Å². The van der Waals surface area contributed by atoms with Gasteiger partial charge in [-0.25, -0.2) is 16.8 Å². The minimum absolute atomic E-state index is 0.0254. The van der Waals surface area contributed by atoms with Crippen molar-refractivity contribution < 1.29 is 26.5 Å². The third-order valence-corrected chi connectivity index (χ3v) is 5.63. The molecule has 1 saturated heterocycles. The summed E-state index contributed by atoms with van der Waals surface area (Å²) >= 11 is 0. The number of hydrogen-bond acceptors (Lipinski definition) is 6. The van der Waals surface area contributed by atoms with Crippen LogP contribution in [0.1, 0.15) is 6.42 Å². The summed E-state index contributed by atoms with van der Waals surface area (Å²) in [5, 5.41) is -1.04. The van der Waals surface area contributed by atoms with Gasteiger partial charge in [-0.15, -0.1) is 0 Å². The molecule has 0 aromatic carbocycles. The molecule has 0 aromatic rings. The second-order valence-corrected chi connectivity index (χ2v) is 7.56. The Morgan fingerprint density at radius 2 is 2.12 bits per heavy atom. The second-order valence-electron chi connectivity index (χ2n) is 3.41. The smallest absolute Gasteiger partial charge is 0.245 e. The minimum Gasteiger partial charge on any atom is -0.368 e. The Morgan fingerprint density at radius 3 is 2.56 bits per heavy atom. The zero-order chi connectivity index (χ0) is 12.4. The topological polar surface area (TPSA) is 133 Å². The van der Waals surface area contributed by atoms with Crippen LogP contribution in [-0.2, 0) is 29.5 Å². The molecule has 0 radical (unpaired) electrons. The molecule has 1 aliphatic heterocycles. The molecule has 16 heavy (non-hydrogen) atoms. The average molecular weight is 272 g/mol. The van der Waals surface area contributed by atoms with Gasteiger partial charge in [0.25, 0.3) is 0 Å². The van der Waals surface area contributed by atoms with Crippen molar-refractivity contribution in [2.24, 2.45) is 5.73 Å². The predicted molar refractivity (Wildman–Crippen MR) is 54.3 cm³/mol. The molecule has 0 aliphatic carbocycles. The SMILES string of the molecule is NC(=O)CONS(=O)(=O)C1CCS(=O)(=O)C1. The normalized spacial score (nSPS) is 24.4. The van der Waals surface area contributed by atoms with Gasteiger partial charge in [0, 0.05) is 0 Å². The van der Waals surface area contributed by atoms with E-state index >= 15 is 0 Å². The van der Waals surface area contributed by atoms with Gasteiger partial charge in [0.2, 0.25) is 15.9 Å². The van der Waals surface area contributed by atoms with Crippen LogP contribution >= 0.6 is 0 Å². The summed E-state index contributed by atoms with van der Waals surface area (Å²) < 4.78 is 45.0. The van der Waals surface area contributed by atoms with Crippen LogP contribution in [0.5, 0.6) is 0 Å². The van der Waals surface area contributed by atoms with E-state index in [1.165, 1.54) is 0 Å². The maximum absolute atomic E-state index is 11.4. The summed E-state index contributed by atoms with van der Waals surface area (Å²) in [6.45, 7) is -0.599. The van der Waals surface area contributed by atoms with E-state index in [0.29, 0.717) is 0 Å². The Labute approximate surface area is 93.1 Å². The maximum atomic E-state index is 11.4. The molecule has 1 rings (SSSR count). The van der Waals surface area contributed by atoms with Crippen LogP contribution in [0.4, 0.5) is 0 Å². The van der Waals surface area contributed by atoms with E-state index in [1.807, 2.05) is 0 Å². The first-order valence-electron chi connectivity index (χ1n) is 4.34. The standard InChI is InChI=1S/C6H12N2O6S2/c7-6(9)3-14-8-16(12,13)5-1-2-15(10,11)4-5/h5,8H,1-4H2,(H2,7,9). The molecular formula is C6H12N2O6S2. The van der Waals surface area contributed by atoms with E-state index < -0.39 is 43.4 Å². The lowest BCUT2D eigenvalue weighted by molar-refractivity contribution is -0.123. The van der Waals surface area contributed by atoms with Crippen LogP contribution in [0.3, 0.4) is 0 Å². The fourth-order valence-corrected chi connectivity index (χ4v) is 5.08. The zero-order valence-corrected chi connectivity index (χ0v) is 9.88. The van der Waals surface area contributed by atoms with Crippen molar-refractivity contribution in [1.29, 1.82) is 0 Å². The molecule has 1 atom stereocenters. The van der Waals surface area contributed by atoms with Crippen molar-refractivity contribution in [1.82, 2.24) is 4.89 Å². The maximum Gasteiger partial charge on any atom is 0.245 e. The van der Waals surface area contributed by atoms with Gasteiger partial charge in [-0.2, -0.15) is 0 Å². The zero-order valence-electron chi connectivity index (χ0n) is 8.25. The first kappa shape index (κ1) is 13.4. The highest BCUT2D eigenvalue weighted by atomic mass is 32.2. The highest BCUT2D eigenvalue weighted by Crippen LogP contribution is 2.17. The van der Waals surface area contributed by atoms with E-state index in [0.717, 1.165) is 0 Å². The molecule has 0 aromatic heterocycles. The van der Waals surface area contributed by atoms with Gasteiger partial charge in [-0.3, -0.25) is 9.63 Å². The first-order chi connectivity index (χ1) is 7.23. The molecule has 0 spiro atoms. The number of carbonyl (C=O) groups is 1. The number of primary amides is 1. The summed E-state index contributed by atoms with van der Waals surface area (Å²) in [6.07, 6.45) is 0.0254. The monoisotopic (exact) mass is 272 g/mol. The Kier molecular flexibility index (Phi) is 3.88. The number of rotatable bonds is 5. The van der Waals surface area contributed by atoms with Crippen molar-refractivity contribution in [3.63, 3.8) is 0 Å². The van der Waals surface area contributed by atoms with Crippen LogP contribution in [-0.4, -0.2) is 46.1 Å². The van der Waals surface area contributed by atoms with Gasteiger partial charge in [0.15, 0.2) is 9.84 Å². The molecule has 0 saturated carbocycles. The molecular weight excluding hydrogens is 260 g/mol. The summed E-state index contributed by atoms with van der Waals surface area (Å²) in [5.74, 6) is -1.42. The molecule has 0 bridgehead atoms. The minimum atomic E-state index is -3.89. The number of sulfonamides is 1. The molecule has 1 amide bonds. The summed E-state index contributed by atoms with van der Waals surface area (Å²) in [5.41, 5.74) is 4.72. The molecule has 3 N–H and O–H groups in total. The fraction of sp³-hybridized carbons (Fsp3) is 0.833. The number of nitrogens with two attached hydrogens (primary N) is 1. The van der Waals surface area contributed by atoms with Crippen LogP contribution in [0.15, 0.2) is 0 Å².